The van der Waals surface area contributed by atoms with Crippen LogP contribution < -0.4 is 5.56 Å². The molecule has 0 spiro atoms. The molecular weight excluding hydrogens is 230 g/mol. The van der Waals surface area contributed by atoms with Crippen LogP contribution in [0.2, 0.25) is 0 Å². The highest BCUT2D eigenvalue weighted by Gasteiger charge is 2.03. The average Bonchev–Trinajstić information content (AvgIpc) is 2.29. The van der Waals surface area contributed by atoms with Gasteiger partial charge in [-0.15, -0.1) is 5.10 Å². The standard InChI is InChI=1S/C9H9N3OS2/c1-14-15-6-12-9(13)7-4-2-3-5-8(7)10-11-12/h2-5H,6H2,1H3. The zero-order chi connectivity index (χ0) is 10.7. The zero-order valence-corrected chi connectivity index (χ0v) is 9.72. The summed E-state index contributed by atoms with van der Waals surface area (Å²) in [5.74, 6) is 0.526. The van der Waals surface area contributed by atoms with Crippen molar-refractivity contribution in [3.63, 3.8) is 0 Å². The molecule has 0 radical (unpaired) electrons. The van der Waals surface area contributed by atoms with Crippen molar-refractivity contribution in [2.45, 2.75) is 5.88 Å². The van der Waals surface area contributed by atoms with Gasteiger partial charge in [-0.3, -0.25) is 4.79 Å². The molecule has 0 aliphatic heterocycles. The van der Waals surface area contributed by atoms with E-state index in [-0.39, 0.29) is 5.56 Å². The molecule has 0 amide bonds. The summed E-state index contributed by atoms with van der Waals surface area (Å²) in [6.07, 6.45) is 1.96. The van der Waals surface area contributed by atoms with Crippen molar-refractivity contribution < 1.29 is 0 Å². The molecule has 0 fully saturated rings. The monoisotopic (exact) mass is 239 g/mol. The summed E-state index contributed by atoms with van der Waals surface area (Å²) in [7, 11) is 3.16. The van der Waals surface area contributed by atoms with E-state index in [9.17, 15) is 4.79 Å². The van der Waals surface area contributed by atoms with Gasteiger partial charge in [0, 0.05) is 0 Å². The summed E-state index contributed by atoms with van der Waals surface area (Å²) < 4.78 is 1.38. The maximum atomic E-state index is 11.9. The summed E-state index contributed by atoms with van der Waals surface area (Å²) >= 11 is 0. The molecule has 4 nitrogen and oxygen atoms in total. The molecule has 1 aromatic carbocycles. The van der Waals surface area contributed by atoms with E-state index in [1.54, 1.807) is 33.7 Å². The predicted octanol–water partition coefficient (Wildman–Crippen LogP) is 1.76. The van der Waals surface area contributed by atoms with E-state index in [1.807, 2.05) is 18.4 Å². The zero-order valence-electron chi connectivity index (χ0n) is 8.08. The molecule has 0 aliphatic rings. The third-order valence-electron chi connectivity index (χ3n) is 1.92. The fourth-order valence-electron chi connectivity index (χ4n) is 1.21. The highest BCUT2D eigenvalue weighted by Crippen LogP contribution is 2.17. The first-order valence-corrected chi connectivity index (χ1v) is 7.04. The lowest BCUT2D eigenvalue weighted by Gasteiger charge is -2.02. The Balaban J connectivity index is 2.51. The third kappa shape index (κ3) is 2.15. The van der Waals surface area contributed by atoms with Crippen LogP contribution in [0.1, 0.15) is 0 Å². The number of nitrogens with zero attached hydrogens (tertiary/aromatic N) is 3. The molecule has 0 unspecified atom stereocenters. The quantitative estimate of drug-likeness (QED) is 0.764. The van der Waals surface area contributed by atoms with Gasteiger partial charge in [0.2, 0.25) is 0 Å². The van der Waals surface area contributed by atoms with Crippen LogP contribution in [0.5, 0.6) is 0 Å². The first-order chi connectivity index (χ1) is 7.33. The minimum Gasteiger partial charge on any atom is -0.267 e. The van der Waals surface area contributed by atoms with Crippen LogP contribution in [-0.4, -0.2) is 21.2 Å². The van der Waals surface area contributed by atoms with Gasteiger partial charge in [0.15, 0.2) is 0 Å². The predicted molar refractivity (Wildman–Crippen MR) is 64.9 cm³/mol. The maximum Gasteiger partial charge on any atom is 0.278 e. The second-order valence-electron chi connectivity index (χ2n) is 2.82. The number of fused-ring (bicyclic) bond motifs is 1. The van der Waals surface area contributed by atoms with E-state index in [2.05, 4.69) is 10.3 Å². The summed E-state index contributed by atoms with van der Waals surface area (Å²) in [5.41, 5.74) is 0.565. The van der Waals surface area contributed by atoms with Gasteiger partial charge in [-0.2, -0.15) is 4.68 Å². The van der Waals surface area contributed by atoms with Crippen molar-refractivity contribution in [1.29, 1.82) is 0 Å². The van der Waals surface area contributed by atoms with Crippen molar-refractivity contribution in [1.82, 2.24) is 15.0 Å². The third-order valence-corrected chi connectivity index (χ3v) is 3.53. The van der Waals surface area contributed by atoms with E-state index in [4.69, 9.17) is 0 Å². The molecule has 0 aliphatic carbocycles. The Kier molecular flexibility index (Phi) is 3.27. The van der Waals surface area contributed by atoms with E-state index >= 15 is 0 Å². The van der Waals surface area contributed by atoms with Crippen molar-refractivity contribution in [3.8, 4) is 0 Å². The van der Waals surface area contributed by atoms with Crippen LogP contribution >= 0.6 is 21.6 Å². The molecule has 0 saturated carbocycles. The highest BCUT2D eigenvalue weighted by molar-refractivity contribution is 8.76. The van der Waals surface area contributed by atoms with Crippen molar-refractivity contribution >= 4 is 32.5 Å². The van der Waals surface area contributed by atoms with Crippen LogP contribution in [0.15, 0.2) is 29.1 Å². The number of aromatic nitrogens is 3. The van der Waals surface area contributed by atoms with Gasteiger partial charge >= 0.3 is 0 Å². The average molecular weight is 239 g/mol. The minimum absolute atomic E-state index is 0.0813. The molecular formula is C9H9N3OS2. The van der Waals surface area contributed by atoms with E-state index < -0.39 is 0 Å². The highest BCUT2D eigenvalue weighted by atomic mass is 33.1. The Morgan fingerprint density at radius 3 is 3.00 bits per heavy atom. The lowest BCUT2D eigenvalue weighted by atomic mass is 10.2. The Labute approximate surface area is 94.5 Å². The lowest BCUT2D eigenvalue weighted by Crippen LogP contribution is -2.22. The van der Waals surface area contributed by atoms with Crippen LogP contribution in [0.3, 0.4) is 0 Å². The van der Waals surface area contributed by atoms with Crippen LogP contribution in [0.25, 0.3) is 10.9 Å². The van der Waals surface area contributed by atoms with E-state index in [1.165, 1.54) is 4.68 Å². The molecule has 1 heterocycles. The molecule has 0 bridgehead atoms. The number of hydrogen-bond donors (Lipinski definition) is 0. The molecule has 15 heavy (non-hydrogen) atoms. The number of hydrogen-bond acceptors (Lipinski definition) is 5. The normalized spacial score (nSPS) is 10.7. The second-order valence-corrected chi connectivity index (χ2v) is 5.36. The topological polar surface area (TPSA) is 47.8 Å². The fraction of sp³-hybridized carbons (Fsp3) is 0.222. The van der Waals surface area contributed by atoms with Crippen LogP contribution in [0.4, 0.5) is 0 Å². The largest absolute Gasteiger partial charge is 0.278 e. The Morgan fingerprint density at radius 2 is 2.20 bits per heavy atom. The van der Waals surface area contributed by atoms with Crippen molar-refractivity contribution in [3.05, 3.63) is 34.6 Å². The van der Waals surface area contributed by atoms with Gasteiger partial charge in [0.25, 0.3) is 5.56 Å². The van der Waals surface area contributed by atoms with Gasteiger partial charge in [0.1, 0.15) is 11.4 Å². The summed E-state index contributed by atoms with van der Waals surface area (Å²) in [6.45, 7) is 0. The Bertz CT molecular complexity index is 526. The van der Waals surface area contributed by atoms with Gasteiger partial charge in [-0.1, -0.05) is 38.9 Å². The molecule has 0 atom stereocenters. The van der Waals surface area contributed by atoms with Gasteiger partial charge in [-0.05, 0) is 18.4 Å². The SMILES string of the molecule is CSSCn1nnc2ccccc2c1=O. The first kappa shape index (κ1) is 10.5. The summed E-state index contributed by atoms with van der Waals surface area (Å²) in [5, 5.41) is 8.47. The number of benzene rings is 1. The molecule has 1 aromatic heterocycles. The van der Waals surface area contributed by atoms with Crippen LogP contribution in [-0.2, 0) is 5.88 Å². The summed E-state index contributed by atoms with van der Waals surface area (Å²) in [6, 6.07) is 7.23. The Hall–Kier alpha value is -1.01. The van der Waals surface area contributed by atoms with Crippen molar-refractivity contribution in [2.75, 3.05) is 6.26 Å². The smallest absolute Gasteiger partial charge is 0.267 e. The molecule has 78 valence electrons. The minimum atomic E-state index is -0.0813. The maximum absolute atomic E-state index is 11.9. The molecule has 0 N–H and O–H groups in total. The summed E-state index contributed by atoms with van der Waals surface area (Å²) in [4.78, 5) is 11.9. The fourth-order valence-corrected chi connectivity index (χ4v) is 2.20. The van der Waals surface area contributed by atoms with E-state index in [0.717, 1.165) is 0 Å². The second kappa shape index (κ2) is 4.67. The molecule has 2 rings (SSSR count). The van der Waals surface area contributed by atoms with Crippen molar-refractivity contribution in [2.24, 2.45) is 0 Å². The van der Waals surface area contributed by atoms with Gasteiger partial charge < -0.3 is 0 Å². The lowest BCUT2D eigenvalue weighted by molar-refractivity contribution is 0.647. The first-order valence-electron chi connectivity index (χ1n) is 4.31. The van der Waals surface area contributed by atoms with Gasteiger partial charge in [-0.25, -0.2) is 0 Å². The van der Waals surface area contributed by atoms with Crippen LogP contribution in [0, 0.1) is 0 Å². The number of rotatable bonds is 3. The Morgan fingerprint density at radius 1 is 1.40 bits per heavy atom. The van der Waals surface area contributed by atoms with Gasteiger partial charge in [0.05, 0.1) is 5.39 Å². The molecule has 2 aromatic rings. The van der Waals surface area contributed by atoms with E-state index in [0.29, 0.717) is 16.8 Å². The molecule has 0 saturated heterocycles. The molecule has 6 heteroatoms.